The van der Waals surface area contributed by atoms with Crippen molar-refractivity contribution >= 4 is 15.9 Å². The van der Waals surface area contributed by atoms with Crippen molar-refractivity contribution in [1.29, 1.82) is 5.26 Å². The molecule has 27 heavy (non-hydrogen) atoms. The van der Waals surface area contributed by atoms with Gasteiger partial charge in [-0.15, -0.1) is 0 Å². The van der Waals surface area contributed by atoms with Gasteiger partial charge in [-0.3, -0.25) is 4.79 Å². The molecular formula is C20H23N3O3S. The zero-order chi connectivity index (χ0) is 19.9. The zero-order valence-corrected chi connectivity index (χ0v) is 16.2. The Kier molecular flexibility index (Phi) is 7.11. The molecule has 0 saturated heterocycles. The van der Waals surface area contributed by atoms with Gasteiger partial charge in [0.05, 0.1) is 23.1 Å². The van der Waals surface area contributed by atoms with Crippen molar-refractivity contribution in [2.75, 3.05) is 20.1 Å². The molecule has 0 aliphatic rings. The summed E-state index contributed by atoms with van der Waals surface area (Å²) in [7, 11) is -2.43. The van der Waals surface area contributed by atoms with Gasteiger partial charge >= 0.3 is 0 Å². The fourth-order valence-electron chi connectivity index (χ4n) is 2.68. The zero-order valence-electron chi connectivity index (χ0n) is 15.4. The van der Waals surface area contributed by atoms with Crippen LogP contribution in [0, 0.1) is 11.3 Å². The highest BCUT2D eigenvalue weighted by molar-refractivity contribution is 7.89. The normalized spacial score (nSPS) is 12.4. The number of likely N-dealkylation sites (N-methyl/N-ethyl adjacent to an activating group) is 1. The van der Waals surface area contributed by atoms with E-state index in [9.17, 15) is 13.2 Å². The van der Waals surface area contributed by atoms with Crippen LogP contribution in [0.4, 0.5) is 0 Å². The minimum Gasteiger partial charge on any atom is -0.354 e. The van der Waals surface area contributed by atoms with Crippen molar-refractivity contribution in [3.05, 3.63) is 65.7 Å². The molecule has 2 aromatic rings. The summed E-state index contributed by atoms with van der Waals surface area (Å²) in [6.07, 6.45) is 0.865. The fraction of sp³-hybridized carbons (Fsp3) is 0.300. The monoisotopic (exact) mass is 385 g/mol. The summed E-state index contributed by atoms with van der Waals surface area (Å²) in [5, 5.41) is 11.6. The molecule has 0 fully saturated rings. The largest absolute Gasteiger partial charge is 0.354 e. The lowest BCUT2D eigenvalue weighted by Crippen LogP contribution is -2.39. The smallest absolute Gasteiger partial charge is 0.243 e. The maximum absolute atomic E-state index is 12.5. The van der Waals surface area contributed by atoms with Crippen LogP contribution in [0.25, 0.3) is 0 Å². The van der Waals surface area contributed by atoms with Gasteiger partial charge in [0.15, 0.2) is 0 Å². The van der Waals surface area contributed by atoms with E-state index in [1.54, 1.807) is 0 Å². The number of sulfonamides is 1. The maximum atomic E-state index is 12.5. The summed E-state index contributed by atoms with van der Waals surface area (Å²) in [5.74, 6) is -0.181. The first-order chi connectivity index (χ1) is 12.9. The number of benzene rings is 2. The summed E-state index contributed by atoms with van der Waals surface area (Å²) >= 11 is 0. The standard InChI is InChI=1S/C20H23N3O3S/c1-3-17(18-7-5-4-6-8-18)14-22-20(24)15-23(2)27(25,26)19-11-9-16(13-21)10-12-19/h4-12,17H,3,14-15H2,1-2H3,(H,22,24). The molecule has 142 valence electrons. The molecule has 6 nitrogen and oxygen atoms in total. The molecule has 0 spiro atoms. The molecule has 0 aliphatic carbocycles. The Morgan fingerprint density at radius 3 is 2.33 bits per heavy atom. The van der Waals surface area contributed by atoms with Gasteiger partial charge in [0.2, 0.25) is 15.9 Å². The maximum Gasteiger partial charge on any atom is 0.243 e. The number of hydrogen-bond donors (Lipinski definition) is 1. The van der Waals surface area contributed by atoms with Crippen LogP contribution < -0.4 is 5.32 Å². The van der Waals surface area contributed by atoms with Gasteiger partial charge in [0.1, 0.15) is 0 Å². The molecule has 0 saturated carbocycles. The number of rotatable bonds is 8. The molecule has 1 N–H and O–H groups in total. The van der Waals surface area contributed by atoms with Gasteiger partial charge in [-0.1, -0.05) is 37.3 Å². The average Bonchev–Trinajstić information content (AvgIpc) is 2.69. The molecule has 0 aliphatic heterocycles. The Hall–Kier alpha value is -2.69. The quantitative estimate of drug-likeness (QED) is 0.756. The molecule has 7 heteroatoms. The highest BCUT2D eigenvalue weighted by Gasteiger charge is 2.23. The minimum atomic E-state index is -3.79. The van der Waals surface area contributed by atoms with Crippen LogP contribution in [-0.2, 0) is 14.8 Å². The second-order valence-electron chi connectivity index (χ2n) is 6.22. The number of hydrogen-bond acceptors (Lipinski definition) is 4. The number of carbonyl (C=O) groups is 1. The third-order valence-electron chi connectivity index (χ3n) is 4.37. The molecule has 1 atom stereocenters. The second kappa shape index (κ2) is 9.31. The summed E-state index contributed by atoms with van der Waals surface area (Å²) in [6.45, 7) is 2.23. The average molecular weight is 385 g/mol. The minimum absolute atomic E-state index is 0.0486. The highest BCUT2D eigenvalue weighted by Crippen LogP contribution is 2.18. The number of amides is 1. The van der Waals surface area contributed by atoms with Crippen molar-refractivity contribution in [2.45, 2.75) is 24.2 Å². The summed E-state index contributed by atoms with van der Waals surface area (Å²) < 4.78 is 26.1. The predicted molar refractivity (Wildman–Crippen MR) is 103 cm³/mol. The van der Waals surface area contributed by atoms with E-state index in [0.717, 1.165) is 16.3 Å². The predicted octanol–water partition coefficient (Wildman–Crippen LogP) is 2.49. The highest BCUT2D eigenvalue weighted by atomic mass is 32.2. The third kappa shape index (κ3) is 5.39. The Labute approximate surface area is 160 Å². The Bertz CT molecular complexity index is 904. The molecule has 0 heterocycles. The van der Waals surface area contributed by atoms with Gasteiger partial charge in [0, 0.05) is 19.5 Å². The first-order valence-corrected chi connectivity index (χ1v) is 10.1. The second-order valence-corrected chi connectivity index (χ2v) is 8.26. The first kappa shape index (κ1) is 20.6. The van der Waals surface area contributed by atoms with Gasteiger partial charge in [0.25, 0.3) is 0 Å². The van der Waals surface area contributed by atoms with E-state index in [1.807, 2.05) is 43.3 Å². The van der Waals surface area contributed by atoms with Crippen molar-refractivity contribution < 1.29 is 13.2 Å². The van der Waals surface area contributed by atoms with Crippen LogP contribution >= 0.6 is 0 Å². The van der Waals surface area contributed by atoms with E-state index in [1.165, 1.54) is 31.3 Å². The van der Waals surface area contributed by atoms with E-state index in [2.05, 4.69) is 5.32 Å². The molecule has 0 radical (unpaired) electrons. The lowest BCUT2D eigenvalue weighted by Gasteiger charge is -2.19. The van der Waals surface area contributed by atoms with Gasteiger partial charge in [-0.2, -0.15) is 9.57 Å². The van der Waals surface area contributed by atoms with Gasteiger partial charge < -0.3 is 5.32 Å². The molecular weight excluding hydrogens is 362 g/mol. The van der Waals surface area contributed by atoms with E-state index in [4.69, 9.17) is 5.26 Å². The van der Waals surface area contributed by atoms with E-state index in [-0.39, 0.29) is 23.3 Å². The summed E-state index contributed by atoms with van der Waals surface area (Å²) in [5.41, 5.74) is 1.51. The van der Waals surface area contributed by atoms with Crippen LogP contribution in [0.3, 0.4) is 0 Å². The Morgan fingerprint density at radius 2 is 1.78 bits per heavy atom. The van der Waals surface area contributed by atoms with Crippen LogP contribution in [0.5, 0.6) is 0 Å². The molecule has 2 rings (SSSR count). The first-order valence-electron chi connectivity index (χ1n) is 8.66. The SMILES string of the molecule is CCC(CNC(=O)CN(C)S(=O)(=O)c1ccc(C#N)cc1)c1ccccc1. The van der Waals surface area contributed by atoms with Crippen LogP contribution in [-0.4, -0.2) is 38.8 Å². The van der Waals surface area contributed by atoms with Crippen LogP contribution in [0.2, 0.25) is 0 Å². The number of nitrogens with one attached hydrogen (secondary N) is 1. The topological polar surface area (TPSA) is 90.3 Å². The molecule has 1 amide bonds. The van der Waals surface area contributed by atoms with Crippen molar-refractivity contribution in [1.82, 2.24) is 9.62 Å². The van der Waals surface area contributed by atoms with Crippen molar-refractivity contribution in [3.63, 3.8) is 0 Å². The van der Waals surface area contributed by atoms with Crippen LogP contribution in [0.15, 0.2) is 59.5 Å². The Balaban J connectivity index is 1.96. The lowest BCUT2D eigenvalue weighted by atomic mass is 9.96. The summed E-state index contributed by atoms with van der Waals surface area (Å²) in [4.78, 5) is 12.3. The fourth-order valence-corrected chi connectivity index (χ4v) is 3.81. The molecule has 0 bridgehead atoms. The van der Waals surface area contributed by atoms with Crippen LogP contribution in [0.1, 0.15) is 30.4 Å². The number of nitriles is 1. The third-order valence-corrected chi connectivity index (χ3v) is 6.18. The molecule has 0 aromatic heterocycles. The number of nitrogens with zero attached hydrogens (tertiary/aromatic N) is 2. The van der Waals surface area contributed by atoms with Gasteiger partial charge in [-0.05, 0) is 36.2 Å². The molecule has 2 aromatic carbocycles. The van der Waals surface area contributed by atoms with Crippen molar-refractivity contribution in [2.24, 2.45) is 0 Å². The molecule has 1 unspecified atom stereocenters. The summed E-state index contributed by atoms with van der Waals surface area (Å²) in [6, 6.07) is 17.4. The van der Waals surface area contributed by atoms with E-state index in [0.29, 0.717) is 12.1 Å². The van der Waals surface area contributed by atoms with E-state index < -0.39 is 10.0 Å². The number of carbonyl (C=O) groups excluding carboxylic acids is 1. The van der Waals surface area contributed by atoms with Gasteiger partial charge in [-0.25, -0.2) is 8.42 Å². The Morgan fingerprint density at radius 1 is 1.15 bits per heavy atom. The lowest BCUT2D eigenvalue weighted by molar-refractivity contribution is -0.121. The van der Waals surface area contributed by atoms with E-state index >= 15 is 0 Å². The van der Waals surface area contributed by atoms with Crippen molar-refractivity contribution in [3.8, 4) is 6.07 Å².